The maximum atomic E-state index is 13.2. The van der Waals surface area contributed by atoms with Crippen molar-refractivity contribution in [2.24, 2.45) is 0 Å². The molecule has 0 unspecified atom stereocenters. The Bertz CT molecular complexity index is 1560. The molecule has 3 aromatic carbocycles. The van der Waals surface area contributed by atoms with Crippen molar-refractivity contribution in [3.63, 3.8) is 0 Å². The van der Waals surface area contributed by atoms with Crippen molar-refractivity contribution in [1.29, 1.82) is 0 Å². The third-order valence-electron chi connectivity index (χ3n) is 7.20. The van der Waals surface area contributed by atoms with Crippen LogP contribution in [0.4, 0.5) is 0 Å². The van der Waals surface area contributed by atoms with E-state index in [4.69, 9.17) is 9.47 Å². The Morgan fingerprint density at radius 2 is 1.12 bits per heavy atom. The quantitative estimate of drug-likeness (QED) is 0.284. The van der Waals surface area contributed by atoms with E-state index in [0.29, 0.717) is 11.5 Å². The molecule has 0 saturated heterocycles. The minimum Gasteiger partial charge on any atom is -0.492 e. The maximum Gasteiger partial charge on any atom is 0.206 e. The van der Waals surface area contributed by atoms with Crippen LogP contribution in [0, 0.1) is 0 Å². The standard InChI is InChI=1S/C36H42O4S/c1-34(2,3)26-15-22-32(23-16-26)41(37,38)33-24-20-30(21-25-33)39-29-17-12-28(13-18-29)36(7,8)27-10-9-11-31(19-14-27)40-35(4,5)6/h9-10,12-25H,11H2,1-8H3. The second kappa shape index (κ2) is 11.4. The molecule has 0 aliphatic heterocycles. The molecule has 4 nitrogen and oxygen atoms in total. The van der Waals surface area contributed by atoms with Gasteiger partial charge in [-0.3, -0.25) is 0 Å². The van der Waals surface area contributed by atoms with Crippen LogP contribution in [0.2, 0.25) is 0 Å². The van der Waals surface area contributed by atoms with Crippen molar-refractivity contribution < 1.29 is 17.9 Å². The Labute approximate surface area is 246 Å². The van der Waals surface area contributed by atoms with Crippen molar-refractivity contribution in [2.75, 3.05) is 0 Å². The summed E-state index contributed by atoms with van der Waals surface area (Å²) in [5.74, 6) is 2.22. The molecule has 1 aliphatic rings. The van der Waals surface area contributed by atoms with Crippen molar-refractivity contribution >= 4 is 9.84 Å². The lowest BCUT2D eigenvalue weighted by atomic mass is 9.77. The van der Waals surface area contributed by atoms with Gasteiger partial charge in [0.25, 0.3) is 0 Å². The van der Waals surface area contributed by atoms with Gasteiger partial charge in [-0.15, -0.1) is 0 Å². The molecule has 0 aromatic heterocycles. The highest BCUT2D eigenvalue weighted by molar-refractivity contribution is 7.91. The zero-order valence-corrected chi connectivity index (χ0v) is 26.3. The van der Waals surface area contributed by atoms with Crippen molar-refractivity contribution in [2.45, 2.75) is 88.0 Å². The second-order valence-corrected chi connectivity index (χ2v) is 15.0. The lowest BCUT2D eigenvalue weighted by Gasteiger charge is -2.27. The average molecular weight is 571 g/mol. The summed E-state index contributed by atoms with van der Waals surface area (Å²) >= 11 is 0. The summed E-state index contributed by atoms with van der Waals surface area (Å²) in [4.78, 5) is 0.518. The van der Waals surface area contributed by atoms with E-state index in [9.17, 15) is 8.42 Å². The summed E-state index contributed by atoms with van der Waals surface area (Å²) in [5, 5.41) is 0. The molecule has 0 bridgehead atoms. The van der Waals surface area contributed by atoms with Gasteiger partial charge < -0.3 is 9.47 Å². The predicted molar refractivity (Wildman–Crippen MR) is 167 cm³/mol. The van der Waals surface area contributed by atoms with E-state index >= 15 is 0 Å². The smallest absolute Gasteiger partial charge is 0.206 e. The highest BCUT2D eigenvalue weighted by Crippen LogP contribution is 2.36. The molecule has 3 aromatic rings. The van der Waals surface area contributed by atoms with E-state index in [1.807, 2.05) is 24.3 Å². The van der Waals surface area contributed by atoms with Gasteiger partial charge in [0.2, 0.25) is 9.84 Å². The Morgan fingerprint density at radius 1 is 0.634 bits per heavy atom. The van der Waals surface area contributed by atoms with Crippen LogP contribution in [-0.2, 0) is 25.4 Å². The van der Waals surface area contributed by atoms with Crippen LogP contribution >= 0.6 is 0 Å². The van der Waals surface area contributed by atoms with E-state index in [0.717, 1.165) is 23.3 Å². The SMILES string of the molecule is CC(C)(C)OC1=CC=C(C(C)(C)c2ccc(Oc3ccc(S(=O)(=O)c4ccc(C(C)(C)C)cc4)cc3)cc2)C=CC1. The molecule has 0 heterocycles. The normalized spacial score (nSPS) is 14.6. The van der Waals surface area contributed by atoms with Crippen molar-refractivity contribution in [3.05, 3.63) is 120 Å². The summed E-state index contributed by atoms with van der Waals surface area (Å²) in [5.41, 5.74) is 2.97. The van der Waals surface area contributed by atoms with Crippen LogP contribution in [0.1, 0.15) is 72.9 Å². The monoisotopic (exact) mass is 570 g/mol. The first-order chi connectivity index (χ1) is 19.1. The number of ether oxygens (including phenoxy) is 2. The first-order valence-corrected chi connectivity index (χ1v) is 15.5. The van der Waals surface area contributed by atoms with Gasteiger partial charge in [0.05, 0.1) is 9.79 Å². The van der Waals surface area contributed by atoms with Crippen molar-refractivity contribution in [1.82, 2.24) is 0 Å². The Hall–Kier alpha value is -3.57. The number of hydrogen-bond acceptors (Lipinski definition) is 4. The zero-order chi connectivity index (χ0) is 30.1. The summed E-state index contributed by atoms with van der Waals surface area (Å²) in [6.07, 6.45) is 9.31. The fourth-order valence-corrected chi connectivity index (χ4v) is 5.95. The van der Waals surface area contributed by atoms with Crippen LogP contribution in [0.25, 0.3) is 0 Å². The first-order valence-electron chi connectivity index (χ1n) is 14.1. The largest absolute Gasteiger partial charge is 0.492 e. The van der Waals surface area contributed by atoms with Crippen LogP contribution in [0.3, 0.4) is 0 Å². The maximum absolute atomic E-state index is 13.2. The Kier molecular flexibility index (Phi) is 8.42. The lowest BCUT2D eigenvalue weighted by molar-refractivity contribution is 0.0498. The van der Waals surface area contributed by atoms with Gasteiger partial charge in [-0.05, 0) is 97.5 Å². The van der Waals surface area contributed by atoms with E-state index < -0.39 is 9.84 Å². The number of sulfone groups is 1. The molecule has 5 heteroatoms. The van der Waals surface area contributed by atoms with Gasteiger partial charge in [-0.2, -0.15) is 0 Å². The highest BCUT2D eigenvalue weighted by atomic mass is 32.2. The molecule has 216 valence electrons. The van der Waals surface area contributed by atoms with E-state index in [-0.39, 0.29) is 26.2 Å². The molecule has 4 rings (SSSR count). The lowest BCUT2D eigenvalue weighted by Crippen LogP contribution is -2.19. The first kappa shape index (κ1) is 30.4. The Balaban J connectivity index is 1.46. The fraction of sp³-hybridized carbons (Fsp3) is 0.333. The molecule has 41 heavy (non-hydrogen) atoms. The Morgan fingerprint density at radius 3 is 1.63 bits per heavy atom. The van der Waals surface area contributed by atoms with Crippen LogP contribution in [-0.4, -0.2) is 14.0 Å². The molecule has 0 radical (unpaired) electrons. The van der Waals surface area contributed by atoms with Crippen LogP contribution in [0.15, 0.2) is 118 Å². The average Bonchev–Trinajstić information content (AvgIpc) is 3.14. The van der Waals surface area contributed by atoms with E-state index in [1.54, 1.807) is 36.4 Å². The van der Waals surface area contributed by atoms with Gasteiger partial charge in [0.15, 0.2) is 0 Å². The number of hydrogen-bond donors (Lipinski definition) is 0. The molecule has 0 fully saturated rings. The molecule has 0 amide bonds. The third kappa shape index (κ3) is 7.39. The van der Waals surface area contributed by atoms with E-state index in [1.165, 1.54) is 5.57 Å². The molecule has 0 saturated carbocycles. The summed E-state index contributed by atoms with van der Waals surface area (Å²) in [6, 6.07) is 21.7. The summed E-state index contributed by atoms with van der Waals surface area (Å²) in [7, 11) is -3.62. The van der Waals surface area contributed by atoms with Gasteiger partial charge in [0.1, 0.15) is 22.9 Å². The minimum atomic E-state index is -3.62. The minimum absolute atomic E-state index is 0.0401. The van der Waals surface area contributed by atoms with Crippen molar-refractivity contribution in [3.8, 4) is 11.5 Å². The van der Waals surface area contributed by atoms with Crippen LogP contribution < -0.4 is 4.74 Å². The van der Waals surface area contributed by atoms with E-state index in [2.05, 4.69) is 91.8 Å². The molecular formula is C36H42O4S. The number of allylic oxidation sites excluding steroid dienone is 5. The predicted octanol–water partition coefficient (Wildman–Crippen LogP) is 9.47. The molecule has 0 spiro atoms. The summed E-state index contributed by atoms with van der Waals surface area (Å²) < 4.78 is 38.5. The number of rotatable bonds is 7. The highest BCUT2D eigenvalue weighted by Gasteiger charge is 2.25. The third-order valence-corrected chi connectivity index (χ3v) is 8.99. The molecular weight excluding hydrogens is 528 g/mol. The fourth-order valence-electron chi connectivity index (χ4n) is 4.69. The summed E-state index contributed by atoms with van der Waals surface area (Å²) in [6.45, 7) is 16.9. The number of benzene rings is 3. The second-order valence-electron chi connectivity index (χ2n) is 13.1. The molecule has 0 atom stereocenters. The van der Waals surface area contributed by atoms with Gasteiger partial charge in [-0.1, -0.05) is 77.1 Å². The van der Waals surface area contributed by atoms with Gasteiger partial charge in [0, 0.05) is 11.8 Å². The van der Waals surface area contributed by atoms with Gasteiger partial charge >= 0.3 is 0 Å². The molecule has 1 aliphatic carbocycles. The molecule has 0 N–H and O–H groups in total. The van der Waals surface area contributed by atoms with Crippen LogP contribution in [0.5, 0.6) is 11.5 Å². The van der Waals surface area contributed by atoms with Gasteiger partial charge in [-0.25, -0.2) is 8.42 Å². The topological polar surface area (TPSA) is 52.6 Å². The zero-order valence-electron chi connectivity index (χ0n) is 25.5.